The molecule has 0 unspecified atom stereocenters. The highest BCUT2D eigenvalue weighted by atomic mass is 35.5. The molecule has 2 aromatic rings. The zero-order valence-electron chi connectivity index (χ0n) is 12.0. The van der Waals surface area contributed by atoms with Gasteiger partial charge >= 0.3 is 6.18 Å². The van der Waals surface area contributed by atoms with E-state index in [2.05, 4.69) is 0 Å². The van der Waals surface area contributed by atoms with Gasteiger partial charge in [-0.05, 0) is 24.6 Å². The van der Waals surface area contributed by atoms with Gasteiger partial charge in [0.25, 0.3) is 0 Å². The van der Waals surface area contributed by atoms with Crippen LogP contribution in [0.25, 0.3) is 11.1 Å². The molecule has 0 aromatic heterocycles. The van der Waals surface area contributed by atoms with Crippen LogP contribution in [0.2, 0.25) is 5.02 Å². The molecule has 2 aromatic carbocycles. The molecule has 2 rings (SSSR count). The molecule has 0 spiro atoms. The van der Waals surface area contributed by atoms with E-state index in [0.29, 0.717) is 12.4 Å². The van der Waals surface area contributed by atoms with Crippen molar-refractivity contribution < 1.29 is 22.6 Å². The Morgan fingerprint density at radius 3 is 2.36 bits per heavy atom. The monoisotopic (exact) mass is 330 g/mol. The molecule has 0 radical (unpaired) electrons. The molecule has 118 valence electrons. The van der Waals surface area contributed by atoms with Crippen LogP contribution in [0.15, 0.2) is 36.4 Å². The number of ether oxygens (including phenoxy) is 2. The average Bonchev–Trinajstić information content (AvgIpc) is 2.46. The van der Waals surface area contributed by atoms with Gasteiger partial charge < -0.3 is 9.47 Å². The van der Waals surface area contributed by atoms with Crippen molar-refractivity contribution in [1.29, 1.82) is 0 Å². The molecular weight excluding hydrogens is 317 g/mol. The Labute approximate surface area is 131 Å². The summed E-state index contributed by atoms with van der Waals surface area (Å²) in [5, 5.41) is 0.274. The predicted molar refractivity (Wildman–Crippen MR) is 79.6 cm³/mol. The van der Waals surface area contributed by atoms with Crippen molar-refractivity contribution in [1.82, 2.24) is 0 Å². The maximum atomic E-state index is 13.2. The van der Waals surface area contributed by atoms with E-state index in [4.69, 9.17) is 21.1 Å². The number of halogens is 4. The molecular formula is C16H14ClF3O2. The lowest BCUT2D eigenvalue weighted by Gasteiger charge is -2.18. The van der Waals surface area contributed by atoms with Crippen LogP contribution in [0, 0.1) is 0 Å². The lowest BCUT2D eigenvalue weighted by atomic mass is 9.98. The van der Waals surface area contributed by atoms with Crippen LogP contribution in [-0.2, 0) is 6.18 Å². The highest BCUT2D eigenvalue weighted by Gasteiger charge is 2.34. The molecule has 22 heavy (non-hydrogen) atoms. The molecule has 0 fully saturated rings. The topological polar surface area (TPSA) is 18.5 Å². The summed E-state index contributed by atoms with van der Waals surface area (Å²) in [6.45, 7) is 2.11. The summed E-state index contributed by atoms with van der Waals surface area (Å²) in [5.74, 6) is 0.535. The summed E-state index contributed by atoms with van der Waals surface area (Å²) < 4.78 is 50.3. The number of alkyl halides is 3. The van der Waals surface area contributed by atoms with Gasteiger partial charge in [-0.1, -0.05) is 29.8 Å². The van der Waals surface area contributed by atoms with E-state index >= 15 is 0 Å². The van der Waals surface area contributed by atoms with E-state index in [1.165, 1.54) is 37.4 Å². The normalized spacial score (nSPS) is 11.4. The summed E-state index contributed by atoms with van der Waals surface area (Å²) in [4.78, 5) is 0. The maximum Gasteiger partial charge on any atom is 0.417 e. The van der Waals surface area contributed by atoms with Gasteiger partial charge in [-0.25, -0.2) is 0 Å². The van der Waals surface area contributed by atoms with Gasteiger partial charge in [-0.2, -0.15) is 13.2 Å². The second-order valence-electron chi connectivity index (χ2n) is 4.46. The fourth-order valence-corrected chi connectivity index (χ4v) is 2.42. The molecule has 6 heteroatoms. The zero-order valence-corrected chi connectivity index (χ0v) is 12.8. The first kappa shape index (κ1) is 16.5. The highest BCUT2D eigenvalue weighted by molar-refractivity contribution is 6.31. The molecule has 0 bridgehead atoms. The molecule has 0 atom stereocenters. The van der Waals surface area contributed by atoms with Crippen LogP contribution >= 0.6 is 11.6 Å². The van der Waals surface area contributed by atoms with Crippen LogP contribution in [0.3, 0.4) is 0 Å². The second-order valence-corrected chi connectivity index (χ2v) is 4.90. The Balaban J connectivity index is 2.73. The van der Waals surface area contributed by atoms with Crippen LogP contribution in [0.5, 0.6) is 11.5 Å². The molecule has 0 saturated heterocycles. The largest absolute Gasteiger partial charge is 0.492 e. The van der Waals surface area contributed by atoms with E-state index in [0.717, 1.165) is 6.07 Å². The average molecular weight is 331 g/mol. The molecule has 0 N–H and O–H groups in total. The van der Waals surface area contributed by atoms with Crippen molar-refractivity contribution in [3.05, 3.63) is 47.0 Å². The Morgan fingerprint density at radius 1 is 1.09 bits per heavy atom. The Hall–Kier alpha value is -1.88. The smallest absolute Gasteiger partial charge is 0.417 e. The van der Waals surface area contributed by atoms with Gasteiger partial charge in [0.15, 0.2) is 11.5 Å². The number of rotatable bonds is 4. The van der Waals surface area contributed by atoms with E-state index in [-0.39, 0.29) is 21.9 Å². The minimum absolute atomic E-state index is 0.00435. The summed E-state index contributed by atoms with van der Waals surface area (Å²) in [7, 11) is 1.38. The molecule has 0 aliphatic rings. The van der Waals surface area contributed by atoms with Gasteiger partial charge in [-0.3, -0.25) is 0 Å². The first-order chi connectivity index (χ1) is 10.4. The van der Waals surface area contributed by atoms with Crippen LogP contribution < -0.4 is 9.47 Å². The fraction of sp³-hybridized carbons (Fsp3) is 0.250. The van der Waals surface area contributed by atoms with E-state index in [1.54, 1.807) is 6.92 Å². The molecule has 0 aliphatic carbocycles. The quantitative estimate of drug-likeness (QED) is 0.744. The lowest BCUT2D eigenvalue weighted by molar-refractivity contribution is -0.137. The van der Waals surface area contributed by atoms with E-state index in [9.17, 15) is 13.2 Å². The Bertz CT molecular complexity index is 669. The number of hydrogen-bond donors (Lipinski definition) is 0. The minimum Gasteiger partial charge on any atom is -0.492 e. The Morgan fingerprint density at radius 2 is 1.77 bits per heavy atom. The van der Waals surface area contributed by atoms with Gasteiger partial charge in [0.1, 0.15) is 0 Å². The first-order valence-electron chi connectivity index (χ1n) is 6.55. The third kappa shape index (κ3) is 3.30. The maximum absolute atomic E-state index is 13.2. The number of methoxy groups -OCH3 is 1. The molecule has 2 nitrogen and oxygen atoms in total. The summed E-state index contributed by atoms with van der Waals surface area (Å²) in [6, 6.07) is 8.23. The van der Waals surface area contributed by atoms with Gasteiger partial charge in [0.05, 0.1) is 19.3 Å². The number of benzene rings is 2. The second kappa shape index (κ2) is 6.48. The minimum atomic E-state index is -4.48. The van der Waals surface area contributed by atoms with Crippen molar-refractivity contribution >= 4 is 11.6 Å². The molecule has 0 amide bonds. The summed E-state index contributed by atoms with van der Waals surface area (Å²) in [6.07, 6.45) is -4.48. The highest BCUT2D eigenvalue weighted by Crippen LogP contribution is 2.45. The van der Waals surface area contributed by atoms with E-state index < -0.39 is 11.7 Å². The SMILES string of the molecule is CCOc1cc(Cl)cc(-c2ccccc2C(F)(F)F)c1OC. The van der Waals surface area contributed by atoms with Crippen molar-refractivity contribution in [2.24, 2.45) is 0 Å². The molecule has 0 saturated carbocycles. The molecule has 0 aliphatic heterocycles. The van der Waals surface area contributed by atoms with Gasteiger partial charge in [0, 0.05) is 16.7 Å². The first-order valence-corrected chi connectivity index (χ1v) is 6.93. The van der Waals surface area contributed by atoms with Crippen LogP contribution in [0.1, 0.15) is 12.5 Å². The summed E-state index contributed by atoms with van der Waals surface area (Å²) in [5.41, 5.74) is -0.514. The predicted octanol–water partition coefficient (Wildman–Crippen LogP) is 5.43. The van der Waals surface area contributed by atoms with Crippen LogP contribution in [0.4, 0.5) is 13.2 Å². The third-order valence-electron chi connectivity index (χ3n) is 3.05. The third-order valence-corrected chi connectivity index (χ3v) is 3.26. The summed E-state index contributed by atoms with van der Waals surface area (Å²) >= 11 is 6.01. The van der Waals surface area contributed by atoms with Crippen molar-refractivity contribution in [2.75, 3.05) is 13.7 Å². The van der Waals surface area contributed by atoms with Gasteiger partial charge in [0.2, 0.25) is 0 Å². The fourth-order valence-electron chi connectivity index (χ4n) is 2.21. The zero-order chi connectivity index (χ0) is 16.3. The van der Waals surface area contributed by atoms with Crippen LogP contribution in [-0.4, -0.2) is 13.7 Å². The lowest BCUT2D eigenvalue weighted by Crippen LogP contribution is -2.07. The van der Waals surface area contributed by atoms with Crippen molar-refractivity contribution in [3.63, 3.8) is 0 Å². The van der Waals surface area contributed by atoms with Crippen molar-refractivity contribution in [3.8, 4) is 22.6 Å². The number of hydrogen-bond acceptors (Lipinski definition) is 2. The standard InChI is InChI=1S/C16H14ClF3O2/c1-3-22-14-9-10(17)8-12(15(14)21-2)11-6-4-5-7-13(11)16(18,19)20/h4-9H,3H2,1-2H3. The van der Waals surface area contributed by atoms with Crippen molar-refractivity contribution in [2.45, 2.75) is 13.1 Å². The molecule has 0 heterocycles. The van der Waals surface area contributed by atoms with Gasteiger partial charge in [-0.15, -0.1) is 0 Å². The Kier molecular flexibility index (Phi) is 4.86. The van der Waals surface area contributed by atoms with E-state index in [1.807, 2.05) is 0 Å².